The number of hydrogen-bond donors (Lipinski definition) is 0. The number of ether oxygens (including phenoxy) is 1. The van der Waals surface area contributed by atoms with Crippen LogP contribution in [0.5, 0.6) is 0 Å². The number of anilines is 2. The zero-order valence-corrected chi connectivity index (χ0v) is 12.0. The molecule has 0 radical (unpaired) electrons. The molecule has 100 valence electrons. The highest BCUT2D eigenvalue weighted by atomic mass is 32.1. The van der Waals surface area contributed by atoms with Crippen LogP contribution in [-0.2, 0) is 4.74 Å². The van der Waals surface area contributed by atoms with Crippen LogP contribution in [0.15, 0.2) is 29.6 Å². The van der Waals surface area contributed by atoms with E-state index in [1.165, 1.54) is 11.3 Å². The van der Waals surface area contributed by atoms with Gasteiger partial charge in [-0.05, 0) is 25.5 Å². The van der Waals surface area contributed by atoms with Gasteiger partial charge in [0.25, 0.3) is 0 Å². The number of aromatic nitrogens is 1. The van der Waals surface area contributed by atoms with Crippen LogP contribution in [0.2, 0.25) is 0 Å². The van der Waals surface area contributed by atoms with Crippen LogP contribution in [0.3, 0.4) is 0 Å². The van der Waals surface area contributed by atoms with Gasteiger partial charge in [0.2, 0.25) is 0 Å². The smallest absolute Gasteiger partial charge is 0.357 e. The Bertz CT molecular complexity index is 580. The van der Waals surface area contributed by atoms with Crippen LogP contribution in [0.4, 0.5) is 10.8 Å². The van der Waals surface area contributed by atoms with Gasteiger partial charge in [-0.1, -0.05) is 18.2 Å². The Morgan fingerprint density at radius 2 is 2.16 bits per heavy atom. The number of benzene rings is 1. The molecule has 0 bridgehead atoms. The maximum Gasteiger partial charge on any atom is 0.357 e. The molecule has 5 heteroatoms. The Balaban J connectivity index is 2.23. The Labute approximate surface area is 116 Å². The zero-order valence-electron chi connectivity index (χ0n) is 11.2. The van der Waals surface area contributed by atoms with Crippen molar-refractivity contribution in [3.05, 3.63) is 40.9 Å². The van der Waals surface area contributed by atoms with Crippen LogP contribution in [0.25, 0.3) is 0 Å². The lowest BCUT2D eigenvalue weighted by molar-refractivity contribution is 0.0520. The van der Waals surface area contributed by atoms with Crippen molar-refractivity contribution in [3.63, 3.8) is 0 Å². The van der Waals surface area contributed by atoms with Crippen molar-refractivity contribution in [1.82, 2.24) is 4.98 Å². The molecule has 0 fully saturated rings. The van der Waals surface area contributed by atoms with Gasteiger partial charge in [0.1, 0.15) is 0 Å². The van der Waals surface area contributed by atoms with E-state index in [-0.39, 0.29) is 5.97 Å². The summed E-state index contributed by atoms with van der Waals surface area (Å²) in [6.07, 6.45) is 0. The summed E-state index contributed by atoms with van der Waals surface area (Å²) in [4.78, 5) is 17.9. The molecule has 19 heavy (non-hydrogen) atoms. The SMILES string of the molecule is CCOC(=O)c1csc(N(C)c2ccccc2C)n1. The van der Waals surface area contributed by atoms with E-state index in [1.54, 1.807) is 12.3 Å². The van der Waals surface area contributed by atoms with Crippen molar-refractivity contribution in [1.29, 1.82) is 0 Å². The quantitative estimate of drug-likeness (QED) is 0.803. The first-order valence-electron chi connectivity index (χ1n) is 6.05. The van der Waals surface area contributed by atoms with Gasteiger partial charge in [0.05, 0.1) is 6.61 Å². The van der Waals surface area contributed by atoms with Crippen molar-refractivity contribution in [2.45, 2.75) is 13.8 Å². The maximum atomic E-state index is 11.6. The molecule has 0 atom stereocenters. The topological polar surface area (TPSA) is 42.4 Å². The molecule has 1 aromatic heterocycles. The van der Waals surface area contributed by atoms with E-state index in [2.05, 4.69) is 4.98 Å². The van der Waals surface area contributed by atoms with Gasteiger partial charge in [-0.15, -0.1) is 11.3 Å². The molecule has 0 N–H and O–H groups in total. The normalized spacial score (nSPS) is 10.3. The van der Waals surface area contributed by atoms with E-state index in [0.29, 0.717) is 12.3 Å². The van der Waals surface area contributed by atoms with E-state index >= 15 is 0 Å². The minimum Gasteiger partial charge on any atom is -0.461 e. The van der Waals surface area contributed by atoms with E-state index < -0.39 is 0 Å². The molecule has 1 aromatic carbocycles. The Morgan fingerprint density at radius 3 is 2.84 bits per heavy atom. The second-order valence-corrected chi connectivity index (χ2v) is 4.92. The highest BCUT2D eigenvalue weighted by molar-refractivity contribution is 7.14. The predicted molar refractivity (Wildman–Crippen MR) is 77.3 cm³/mol. The fourth-order valence-electron chi connectivity index (χ4n) is 1.76. The Kier molecular flexibility index (Phi) is 4.16. The second-order valence-electron chi connectivity index (χ2n) is 4.08. The van der Waals surface area contributed by atoms with E-state index in [9.17, 15) is 4.79 Å². The number of thiazole rings is 1. The highest BCUT2D eigenvalue weighted by Gasteiger charge is 2.15. The van der Waals surface area contributed by atoms with Crippen LogP contribution < -0.4 is 4.90 Å². The third-order valence-electron chi connectivity index (χ3n) is 2.74. The molecule has 0 saturated carbocycles. The summed E-state index contributed by atoms with van der Waals surface area (Å²) >= 11 is 1.43. The van der Waals surface area contributed by atoms with Crippen molar-refractivity contribution < 1.29 is 9.53 Å². The van der Waals surface area contributed by atoms with Gasteiger partial charge in [0.15, 0.2) is 10.8 Å². The molecular weight excluding hydrogens is 260 g/mol. The second kappa shape index (κ2) is 5.84. The maximum absolute atomic E-state index is 11.6. The number of carbonyl (C=O) groups is 1. The van der Waals surface area contributed by atoms with Gasteiger partial charge >= 0.3 is 5.97 Å². The average Bonchev–Trinajstić information content (AvgIpc) is 2.88. The summed E-state index contributed by atoms with van der Waals surface area (Å²) in [5.41, 5.74) is 2.60. The fourth-order valence-corrected chi connectivity index (χ4v) is 2.53. The molecular formula is C14H16N2O2S. The fraction of sp³-hybridized carbons (Fsp3) is 0.286. The summed E-state index contributed by atoms with van der Waals surface area (Å²) in [5.74, 6) is -0.372. The number of esters is 1. The largest absolute Gasteiger partial charge is 0.461 e. The molecule has 0 aliphatic heterocycles. The number of aryl methyl sites for hydroxylation is 1. The Morgan fingerprint density at radius 1 is 1.42 bits per heavy atom. The van der Waals surface area contributed by atoms with Crippen molar-refractivity contribution >= 4 is 28.1 Å². The number of carbonyl (C=O) groups excluding carboxylic acids is 1. The molecule has 2 rings (SSSR count). The first-order valence-corrected chi connectivity index (χ1v) is 6.93. The molecule has 2 aromatic rings. The van der Waals surface area contributed by atoms with Crippen LogP contribution in [-0.4, -0.2) is 24.6 Å². The van der Waals surface area contributed by atoms with E-state index in [0.717, 1.165) is 16.4 Å². The number of rotatable bonds is 4. The molecule has 4 nitrogen and oxygen atoms in total. The summed E-state index contributed by atoms with van der Waals surface area (Å²) in [6.45, 7) is 4.19. The monoisotopic (exact) mass is 276 g/mol. The van der Waals surface area contributed by atoms with Gasteiger partial charge in [-0.25, -0.2) is 9.78 Å². The summed E-state index contributed by atoms with van der Waals surface area (Å²) < 4.78 is 4.94. The first-order chi connectivity index (χ1) is 9.13. The highest BCUT2D eigenvalue weighted by Crippen LogP contribution is 2.29. The molecule has 0 unspecified atom stereocenters. The van der Waals surface area contributed by atoms with Gasteiger partial charge in [0, 0.05) is 18.1 Å². The van der Waals surface area contributed by atoms with Gasteiger partial charge in [-0.3, -0.25) is 0 Å². The third kappa shape index (κ3) is 2.93. The van der Waals surface area contributed by atoms with Crippen molar-refractivity contribution in [2.24, 2.45) is 0 Å². The van der Waals surface area contributed by atoms with Crippen molar-refractivity contribution in [3.8, 4) is 0 Å². The number of nitrogens with zero attached hydrogens (tertiary/aromatic N) is 2. The number of hydrogen-bond acceptors (Lipinski definition) is 5. The summed E-state index contributed by atoms with van der Waals surface area (Å²) in [7, 11) is 1.94. The lowest BCUT2D eigenvalue weighted by Gasteiger charge is -2.17. The predicted octanol–water partition coefficient (Wildman–Crippen LogP) is 3.40. The van der Waals surface area contributed by atoms with E-state index in [4.69, 9.17) is 4.74 Å². The lowest BCUT2D eigenvalue weighted by Crippen LogP contribution is -2.11. The van der Waals surface area contributed by atoms with Crippen LogP contribution in [0, 0.1) is 6.92 Å². The standard InChI is InChI=1S/C14H16N2O2S/c1-4-18-13(17)11-9-19-14(15-11)16(3)12-8-6-5-7-10(12)2/h5-9H,4H2,1-3H3. The molecule has 0 aliphatic carbocycles. The summed E-state index contributed by atoms with van der Waals surface area (Å²) in [5, 5.41) is 2.50. The minimum atomic E-state index is -0.372. The average molecular weight is 276 g/mol. The first kappa shape index (κ1) is 13.5. The van der Waals surface area contributed by atoms with E-state index in [1.807, 2.05) is 43.1 Å². The van der Waals surface area contributed by atoms with Crippen LogP contribution in [0.1, 0.15) is 23.0 Å². The molecule has 0 saturated heterocycles. The van der Waals surface area contributed by atoms with Crippen LogP contribution >= 0.6 is 11.3 Å². The molecule has 0 aliphatic rings. The number of para-hydroxylation sites is 1. The zero-order chi connectivity index (χ0) is 13.8. The van der Waals surface area contributed by atoms with Gasteiger partial charge in [-0.2, -0.15) is 0 Å². The molecule has 1 heterocycles. The van der Waals surface area contributed by atoms with Gasteiger partial charge < -0.3 is 9.64 Å². The van der Waals surface area contributed by atoms with Crippen molar-refractivity contribution in [2.75, 3.05) is 18.6 Å². The molecule has 0 amide bonds. The summed E-state index contributed by atoms with van der Waals surface area (Å²) in [6, 6.07) is 8.06. The third-order valence-corrected chi connectivity index (χ3v) is 3.66. The molecule has 0 spiro atoms. The Hall–Kier alpha value is -1.88. The lowest BCUT2D eigenvalue weighted by atomic mass is 10.2. The minimum absolute atomic E-state index is 0.360.